The maximum Gasteiger partial charge on any atom is 0.174 e. The lowest BCUT2D eigenvalue weighted by atomic mass is 10.0. The molecule has 0 saturated carbocycles. The summed E-state index contributed by atoms with van der Waals surface area (Å²) in [6, 6.07) is 26.9. The van der Waals surface area contributed by atoms with Crippen LogP contribution in [0.5, 0.6) is 11.5 Å². The van der Waals surface area contributed by atoms with E-state index in [1.165, 1.54) is 11.1 Å². The predicted octanol–water partition coefficient (Wildman–Crippen LogP) is 5.51. The van der Waals surface area contributed by atoms with E-state index in [1.54, 1.807) is 0 Å². The van der Waals surface area contributed by atoms with Gasteiger partial charge in [-0.3, -0.25) is 4.98 Å². The molecule has 0 spiro atoms. The second-order valence-electron chi connectivity index (χ2n) is 8.71. The smallest absolute Gasteiger partial charge is 0.174 e. The Bertz CT molecular complexity index is 1370. The molecule has 0 aliphatic heterocycles. The molecule has 36 heavy (non-hydrogen) atoms. The molecule has 0 unspecified atom stereocenters. The summed E-state index contributed by atoms with van der Waals surface area (Å²) < 4.78 is 12.1. The van der Waals surface area contributed by atoms with Gasteiger partial charge in [0.15, 0.2) is 5.82 Å². The molecule has 0 aliphatic rings. The van der Waals surface area contributed by atoms with Crippen molar-refractivity contribution in [3.05, 3.63) is 108 Å². The lowest BCUT2D eigenvalue weighted by Gasteiger charge is -2.12. The molecule has 0 atom stereocenters. The van der Waals surface area contributed by atoms with Crippen LogP contribution in [0.4, 0.5) is 0 Å². The van der Waals surface area contributed by atoms with Gasteiger partial charge in [-0.05, 0) is 67.1 Å². The molecule has 7 nitrogen and oxygen atoms in total. The number of H-pyrrole nitrogens is 1. The van der Waals surface area contributed by atoms with Crippen LogP contribution >= 0.6 is 0 Å². The number of unbranched alkanes of at least 4 members (excludes halogenated alkanes) is 1. The van der Waals surface area contributed by atoms with Crippen molar-refractivity contribution >= 4 is 10.9 Å². The first-order valence-electron chi connectivity index (χ1n) is 12.3. The quantitative estimate of drug-likeness (QED) is 0.237. The van der Waals surface area contributed by atoms with Crippen molar-refractivity contribution in [3.63, 3.8) is 0 Å². The van der Waals surface area contributed by atoms with Crippen LogP contribution in [0.1, 0.15) is 35.4 Å². The predicted molar refractivity (Wildman–Crippen MR) is 139 cm³/mol. The molecule has 3 aromatic carbocycles. The van der Waals surface area contributed by atoms with Gasteiger partial charge in [0.25, 0.3) is 0 Å². The Balaban J connectivity index is 1.08. The zero-order valence-corrected chi connectivity index (χ0v) is 20.1. The minimum atomic E-state index is 0.497. The molecule has 0 amide bonds. The number of fused-ring (bicyclic) bond motifs is 1. The summed E-state index contributed by atoms with van der Waals surface area (Å²) >= 11 is 0. The van der Waals surface area contributed by atoms with E-state index in [2.05, 4.69) is 62.0 Å². The SMILES string of the molecule is c1ccc(OCCCCc2nn[nH]n2)c(CCc2ccc(OCc3cnc4ccccc4c3)cc2)c1. The monoisotopic (exact) mass is 479 g/mol. The molecule has 0 fully saturated rings. The summed E-state index contributed by atoms with van der Waals surface area (Å²) in [5.74, 6) is 2.56. The summed E-state index contributed by atoms with van der Waals surface area (Å²) in [7, 11) is 0. The van der Waals surface area contributed by atoms with E-state index in [1.807, 2.05) is 48.7 Å². The first kappa shape index (κ1) is 23.5. The molecular formula is C29H29N5O2. The molecule has 0 aliphatic carbocycles. The number of para-hydroxylation sites is 2. The van der Waals surface area contributed by atoms with Crippen molar-refractivity contribution in [3.8, 4) is 11.5 Å². The van der Waals surface area contributed by atoms with E-state index >= 15 is 0 Å². The fourth-order valence-corrected chi connectivity index (χ4v) is 4.10. The van der Waals surface area contributed by atoms with Crippen molar-refractivity contribution < 1.29 is 9.47 Å². The van der Waals surface area contributed by atoms with Gasteiger partial charge in [-0.25, -0.2) is 0 Å². The van der Waals surface area contributed by atoms with Crippen molar-refractivity contribution in [2.24, 2.45) is 0 Å². The van der Waals surface area contributed by atoms with Gasteiger partial charge in [0.05, 0.1) is 12.1 Å². The number of benzene rings is 3. The third kappa shape index (κ3) is 6.44. The van der Waals surface area contributed by atoms with Crippen LogP contribution in [-0.4, -0.2) is 32.2 Å². The minimum Gasteiger partial charge on any atom is -0.493 e. The van der Waals surface area contributed by atoms with Gasteiger partial charge in [-0.1, -0.05) is 53.7 Å². The first-order valence-corrected chi connectivity index (χ1v) is 12.3. The van der Waals surface area contributed by atoms with Crippen molar-refractivity contribution in [1.82, 2.24) is 25.6 Å². The highest BCUT2D eigenvalue weighted by atomic mass is 16.5. The number of tetrazole rings is 1. The summed E-state index contributed by atoms with van der Waals surface area (Å²) in [6.07, 6.45) is 6.45. The van der Waals surface area contributed by atoms with E-state index in [9.17, 15) is 0 Å². The number of rotatable bonds is 12. The molecule has 2 aromatic heterocycles. The molecule has 0 radical (unpaired) electrons. The molecule has 5 rings (SSSR count). The molecule has 0 bridgehead atoms. The number of aromatic amines is 1. The highest BCUT2D eigenvalue weighted by Gasteiger charge is 2.06. The molecule has 5 aromatic rings. The van der Waals surface area contributed by atoms with E-state index in [0.29, 0.717) is 13.2 Å². The Morgan fingerprint density at radius 2 is 1.61 bits per heavy atom. The largest absolute Gasteiger partial charge is 0.493 e. The molecule has 0 saturated heterocycles. The number of ether oxygens (including phenoxy) is 2. The van der Waals surface area contributed by atoms with Crippen molar-refractivity contribution in [2.45, 2.75) is 38.7 Å². The van der Waals surface area contributed by atoms with E-state index in [0.717, 1.165) is 65.9 Å². The van der Waals surface area contributed by atoms with Gasteiger partial charge in [-0.15, -0.1) is 10.2 Å². The van der Waals surface area contributed by atoms with Crippen LogP contribution in [0.25, 0.3) is 10.9 Å². The van der Waals surface area contributed by atoms with E-state index < -0.39 is 0 Å². The van der Waals surface area contributed by atoms with Crippen LogP contribution in [0.15, 0.2) is 85.1 Å². The molecular weight excluding hydrogens is 450 g/mol. The summed E-state index contributed by atoms with van der Waals surface area (Å²) in [4.78, 5) is 4.51. The molecule has 182 valence electrons. The van der Waals surface area contributed by atoms with Crippen LogP contribution < -0.4 is 9.47 Å². The van der Waals surface area contributed by atoms with Gasteiger partial charge in [0.1, 0.15) is 18.1 Å². The van der Waals surface area contributed by atoms with Crippen molar-refractivity contribution in [2.75, 3.05) is 6.61 Å². The van der Waals surface area contributed by atoms with Crippen LogP contribution in [-0.2, 0) is 25.9 Å². The highest BCUT2D eigenvalue weighted by molar-refractivity contribution is 5.78. The third-order valence-electron chi connectivity index (χ3n) is 6.07. The lowest BCUT2D eigenvalue weighted by molar-refractivity contribution is 0.303. The molecule has 2 heterocycles. The maximum atomic E-state index is 6.08. The third-order valence-corrected chi connectivity index (χ3v) is 6.07. The number of pyridine rings is 1. The Morgan fingerprint density at radius 3 is 2.50 bits per heavy atom. The minimum absolute atomic E-state index is 0.497. The highest BCUT2D eigenvalue weighted by Crippen LogP contribution is 2.22. The summed E-state index contributed by atoms with van der Waals surface area (Å²) in [5.41, 5.74) is 4.55. The average Bonchev–Trinajstić information content (AvgIpc) is 3.45. The Kier molecular flexibility index (Phi) is 7.78. The Labute approximate surface area is 210 Å². The summed E-state index contributed by atoms with van der Waals surface area (Å²) in [6.45, 7) is 1.17. The molecule has 1 N–H and O–H groups in total. The number of aromatic nitrogens is 5. The van der Waals surface area contributed by atoms with Gasteiger partial charge in [-0.2, -0.15) is 5.21 Å². The maximum absolute atomic E-state index is 6.08. The number of hydrogen-bond donors (Lipinski definition) is 1. The Hall–Kier alpha value is -4.26. The Morgan fingerprint density at radius 1 is 0.750 bits per heavy atom. The summed E-state index contributed by atoms with van der Waals surface area (Å²) in [5, 5.41) is 15.2. The lowest BCUT2D eigenvalue weighted by Crippen LogP contribution is -2.02. The van der Waals surface area contributed by atoms with Gasteiger partial charge in [0, 0.05) is 23.6 Å². The van der Waals surface area contributed by atoms with Gasteiger partial charge in [0.2, 0.25) is 0 Å². The van der Waals surface area contributed by atoms with E-state index in [-0.39, 0.29) is 0 Å². The number of nitrogens with zero attached hydrogens (tertiary/aromatic N) is 4. The topological polar surface area (TPSA) is 85.8 Å². The average molecular weight is 480 g/mol. The van der Waals surface area contributed by atoms with Crippen LogP contribution in [0.2, 0.25) is 0 Å². The van der Waals surface area contributed by atoms with E-state index in [4.69, 9.17) is 9.47 Å². The second-order valence-corrected chi connectivity index (χ2v) is 8.71. The van der Waals surface area contributed by atoms with Crippen LogP contribution in [0, 0.1) is 0 Å². The fourth-order valence-electron chi connectivity index (χ4n) is 4.10. The zero-order valence-electron chi connectivity index (χ0n) is 20.1. The number of nitrogens with one attached hydrogen (secondary N) is 1. The molecule has 7 heteroatoms. The number of hydrogen-bond acceptors (Lipinski definition) is 6. The van der Waals surface area contributed by atoms with Gasteiger partial charge < -0.3 is 9.47 Å². The zero-order chi connectivity index (χ0) is 24.4. The first-order chi connectivity index (χ1) is 17.8. The fraction of sp³-hybridized carbons (Fsp3) is 0.241. The van der Waals surface area contributed by atoms with Gasteiger partial charge >= 0.3 is 0 Å². The normalized spacial score (nSPS) is 11.0. The van der Waals surface area contributed by atoms with Crippen molar-refractivity contribution in [1.29, 1.82) is 0 Å². The second kappa shape index (κ2) is 11.9. The number of aryl methyl sites for hydroxylation is 3. The van der Waals surface area contributed by atoms with Crippen LogP contribution in [0.3, 0.4) is 0 Å². The standard InChI is InChI=1S/C29H29N5O2/c1-3-9-27-25(8-1)19-23(20-30-27)21-36-26-16-13-22(14-17-26)12-15-24-7-2-4-10-28(24)35-18-6-5-11-29-31-33-34-32-29/h1-4,7-10,13-14,16-17,19-20H,5-6,11-12,15,18,21H2,(H,31,32,33,34).